The first kappa shape index (κ1) is 14.2. The molecule has 1 saturated heterocycles. The van der Waals surface area contributed by atoms with Crippen molar-refractivity contribution in [3.8, 4) is 0 Å². The summed E-state index contributed by atoms with van der Waals surface area (Å²) in [4.78, 5) is 9.57. The van der Waals surface area contributed by atoms with Crippen LogP contribution < -0.4 is 0 Å². The van der Waals surface area contributed by atoms with Crippen LogP contribution in [0.2, 0.25) is 0 Å². The van der Waals surface area contributed by atoms with Crippen molar-refractivity contribution < 1.29 is 4.74 Å². The Bertz CT molecular complexity index is 624. The van der Waals surface area contributed by atoms with Gasteiger partial charge in [0.15, 0.2) is 5.65 Å². The molecule has 1 atom stereocenters. The molecule has 0 radical (unpaired) electrons. The zero-order valence-corrected chi connectivity index (χ0v) is 13.2. The van der Waals surface area contributed by atoms with Crippen molar-refractivity contribution in [1.29, 1.82) is 0 Å². The summed E-state index contributed by atoms with van der Waals surface area (Å²) in [6, 6.07) is 4.68. The summed E-state index contributed by atoms with van der Waals surface area (Å²) >= 11 is 0. The van der Waals surface area contributed by atoms with Gasteiger partial charge in [0.1, 0.15) is 11.3 Å². The molecule has 1 unspecified atom stereocenters. The van der Waals surface area contributed by atoms with Crippen LogP contribution in [-0.4, -0.2) is 27.7 Å². The van der Waals surface area contributed by atoms with Gasteiger partial charge in [0.05, 0.1) is 0 Å². The first-order valence-corrected chi connectivity index (χ1v) is 8.81. The molecule has 0 N–H and O–H groups in total. The van der Waals surface area contributed by atoms with Gasteiger partial charge in [-0.2, -0.15) is 0 Å². The summed E-state index contributed by atoms with van der Waals surface area (Å²) in [6.07, 6.45) is 12.0. The Hall–Kier alpha value is -1.42. The van der Waals surface area contributed by atoms with Crippen molar-refractivity contribution in [2.75, 3.05) is 13.2 Å². The average Bonchev–Trinajstić information content (AvgIpc) is 2.94. The number of fused-ring (bicyclic) bond motifs is 1. The van der Waals surface area contributed by atoms with E-state index in [1.807, 2.05) is 12.3 Å². The first-order valence-electron chi connectivity index (χ1n) is 8.81. The van der Waals surface area contributed by atoms with Crippen LogP contribution >= 0.6 is 0 Å². The lowest BCUT2D eigenvalue weighted by molar-refractivity contribution is 0.0538. The maximum absolute atomic E-state index is 5.66. The zero-order chi connectivity index (χ0) is 14.8. The highest BCUT2D eigenvalue weighted by Crippen LogP contribution is 2.33. The highest BCUT2D eigenvalue weighted by Gasteiger charge is 2.24. The summed E-state index contributed by atoms with van der Waals surface area (Å²) in [5.41, 5.74) is 2.14. The SMILES string of the molecule is c1cnc2c(c1)nc(CC1CCCOC1)n2C1CCCCC1. The van der Waals surface area contributed by atoms with E-state index in [2.05, 4.69) is 15.6 Å². The monoisotopic (exact) mass is 299 g/mol. The molecular formula is C18H25N3O. The minimum atomic E-state index is 0.591. The predicted octanol–water partition coefficient (Wildman–Crippen LogP) is 3.91. The maximum Gasteiger partial charge on any atom is 0.160 e. The van der Waals surface area contributed by atoms with Crippen molar-refractivity contribution in [3.63, 3.8) is 0 Å². The van der Waals surface area contributed by atoms with Crippen molar-refractivity contribution in [2.45, 2.75) is 57.4 Å². The molecule has 0 spiro atoms. The Morgan fingerprint density at radius 1 is 1.14 bits per heavy atom. The van der Waals surface area contributed by atoms with Gasteiger partial charge in [-0.25, -0.2) is 9.97 Å². The Labute approximate surface area is 131 Å². The average molecular weight is 299 g/mol. The van der Waals surface area contributed by atoms with Gasteiger partial charge in [0.25, 0.3) is 0 Å². The molecule has 4 rings (SSSR count). The van der Waals surface area contributed by atoms with Gasteiger partial charge >= 0.3 is 0 Å². The predicted molar refractivity (Wildman–Crippen MR) is 86.9 cm³/mol. The number of aromatic nitrogens is 3. The third-order valence-corrected chi connectivity index (χ3v) is 5.19. The minimum absolute atomic E-state index is 0.591. The van der Waals surface area contributed by atoms with Crippen LogP contribution in [0, 0.1) is 5.92 Å². The topological polar surface area (TPSA) is 39.9 Å². The smallest absolute Gasteiger partial charge is 0.160 e. The fourth-order valence-corrected chi connectivity index (χ4v) is 4.07. The van der Waals surface area contributed by atoms with E-state index in [1.165, 1.54) is 50.8 Å². The van der Waals surface area contributed by atoms with E-state index in [1.54, 1.807) is 0 Å². The van der Waals surface area contributed by atoms with Crippen LogP contribution in [0.1, 0.15) is 56.8 Å². The van der Waals surface area contributed by atoms with Gasteiger partial charge in [-0.05, 0) is 43.7 Å². The lowest BCUT2D eigenvalue weighted by Crippen LogP contribution is -2.23. The fraction of sp³-hybridized carbons (Fsp3) is 0.667. The van der Waals surface area contributed by atoms with E-state index in [0.29, 0.717) is 12.0 Å². The molecule has 4 heteroatoms. The summed E-state index contributed by atoms with van der Waals surface area (Å²) < 4.78 is 8.12. The van der Waals surface area contributed by atoms with Crippen molar-refractivity contribution in [1.82, 2.24) is 14.5 Å². The number of nitrogens with zero attached hydrogens (tertiary/aromatic N) is 3. The molecule has 2 aliphatic rings. The van der Waals surface area contributed by atoms with E-state index in [0.717, 1.165) is 30.8 Å². The minimum Gasteiger partial charge on any atom is -0.381 e. The Balaban J connectivity index is 1.68. The summed E-state index contributed by atoms with van der Waals surface area (Å²) in [7, 11) is 0. The number of ether oxygens (including phenoxy) is 1. The van der Waals surface area contributed by atoms with Gasteiger partial charge < -0.3 is 9.30 Å². The van der Waals surface area contributed by atoms with E-state index in [-0.39, 0.29) is 0 Å². The first-order chi connectivity index (χ1) is 10.9. The molecule has 3 heterocycles. The number of hydrogen-bond donors (Lipinski definition) is 0. The molecule has 1 aliphatic heterocycles. The van der Waals surface area contributed by atoms with Gasteiger partial charge in [-0.1, -0.05) is 19.3 Å². The molecule has 4 nitrogen and oxygen atoms in total. The van der Waals surface area contributed by atoms with Crippen LogP contribution in [0.5, 0.6) is 0 Å². The number of pyridine rings is 1. The zero-order valence-electron chi connectivity index (χ0n) is 13.2. The van der Waals surface area contributed by atoms with Crippen LogP contribution in [0.25, 0.3) is 11.2 Å². The summed E-state index contributed by atoms with van der Waals surface area (Å²) in [5.74, 6) is 1.85. The number of imidazole rings is 1. The summed E-state index contributed by atoms with van der Waals surface area (Å²) in [6.45, 7) is 1.82. The molecule has 2 fully saturated rings. The second kappa shape index (κ2) is 6.37. The molecule has 0 aromatic carbocycles. The highest BCUT2D eigenvalue weighted by molar-refractivity contribution is 5.71. The molecule has 0 bridgehead atoms. The van der Waals surface area contributed by atoms with E-state index in [9.17, 15) is 0 Å². The fourth-order valence-electron chi connectivity index (χ4n) is 4.07. The van der Waals surface area contributed by atoms with Crippen LogP contribution in [0.4, 0.5) is 0 Å². The second-order valence-corrected chi connectivity index (χ2v) is 6.82. The van der Waals surface area contributed by atoms with E-state index in [4.69, 9.17) is 9.72 Å². The molecule has 22 heavy (non-hydrogen) atoms. The Kier molecular flexibility index (Phi) is 4.11. The molecular weight excluding hydrogens is 274 g/mol. The molecule has 0 amide bonds. The maximum atomic E-state index is 5.66. The molecule has 2 aromatic rings. The quantitative estimate of drug-likeness (QED) is 0.863. The number of hydrogen-bond acceptors (Lipinski definition) is 3. The van der Waals surface area contributed by atoms with Crippen LogP contribution in [0.15, 0.2) is 18.3 Å². The summed E-state index contributed by atoms with van der Waals surface area (Å²) in [5, 5.41) is 0. The standard InChI is InChI=1S/C18H25N3O/c1-2-7-15(8-3-1)21-17(12-14-6-5-11-22-13-14)20-16-9-4-10-19-18(16)21/h4,9-10,14-15H,1-3,5-8,11-13H2. The third-order valence-electron chi connectivity index (χ3n) is 5.19. The van der Waals surface area contributed by atoms with Crippen molar-refractivity contribution >= 4 is 11.2 Å². The largest absolute Gasteiger partial charge is 0.381 e. The van der Waals surface area contributed by atoms with Gasteiger partial charge in [0, 0.05) is 31.9 Å². The van der Waals surface area contributed by atoms with Crippen LogP contribution in [-0.2, 0) is 11.2 Å². The van der Waals surface area contributed by atoms with Gasteiger partial charge in [0.2, 0.25) is 0 Å². The molecule has 118 valence electrons. The third kappa shape index (κ3) is 2.76. The van der Waals surface area contributed by atoms with E-state index >= 15 is 0 Å². The van der Waals surface area contributed by atoms with E-state index < -0.39 is 0 Å². The Morgan fingerprint density at radius 2 is 2.05 bits per heavy atom. The lowest BCUT2D eigenvalue weighted by atomic mass is 9.94. The molecule has 2 aromatic heterocycles. The normalized spacial score (nSPS) is 23.9. The number of rotatable bonds is 3. The van der Waals surface area contributed by atoms with Gasteiger partial charge in [-0.15, -0.1) is 0 Å². The lowest BCUT2D eigenvalue weighted by Gasteiger charge is -2.27. The van der Waals surface area contributed by atoms with Crippen molar-refractivity contribution in [3.05, 3.63) is 24.2 Å². The molecule has 1 aliphatic carbocycles. The second-order valence-electron chi connectivity index (χ2n) is 6.82. The van der Waals surface area contributed by atoms with Gasteiger partial charge in [-0.3, -0.25) is 0 Å². The molecule has 1 saturated carbocycles. The highest BCUT2D eigenvalue weighted by atomic mass is 16.5. The van der Waals surface area contributed by atoms with Crippen molar-refractivity contribution in [2.24, 2.45) is 5.92 Å². The van der Waals surface area contributed by atoms with Crippen LogP contribution in [0.3, 0.4) is 0 Å². The Morgan fingerprint density at radius 3 is 2.86 bits per heavy atom.